The molecule has 8 nitrogen and oxygen atoms in total. The highest BCUT2D eigenvalue weighted by Crippen LogP contribution is 2.16. The van der Waals surface area contributed by atoms with E-state index in [1.54, 1.807) is 36.3 Å². The minimum atomic E-state index is -5.08. The molecule has 0 unspecified atom stereocenters. The minimum absolute atomic E-state index is 0.0153. The average Bonchev–Trinajstić information content (AvgIpc) is 2.76. The molecule has 0 spiro atoms. The van der Waals surface area contributed by atoms with E-state index in [-0.39, 0.29) is 18.4 Å². The summed E-state index contributed by atoms with van der Waals surface area (Å²) in [5.41, 5.74) is 0.552. The van der Waals surface area contributed by atoms with E-state index in [2.05, 4.69) is 19.2 Å². The van der Waals surface area contributed by atoms with E-state index in [0.717, 1.165) is 19.5 Å². The summed E-state index contributed by atoms with van der Waals surface area (Å²) in [6, 6.07) is 7.09. The average molecular weight is 461 g/mol. The van der Waals surface area contributed by atoms with Gasteiger partial charge in [0.25, 0.3) is 5.91 Å². The molecule has 0 aliphatic carbocycles. The van der Waals surface area contributed by atoms with E-state index >= 15 is 0 Å². The van der Waals surface area contributed by atoms with Crippen LogP contribution in [0.15, 0.2) is 24.3 Å². The van der Waals surface area contributed by atoms with Crippen molar-refractivity contribution in [1.82, 2.24) is 15.1 Å². The number of halogens is 3. The van der Waals surface area contributed by atoms with Gasteiger partial charge >= 0.3 is 12.1 Å². The number of carboxylic acid groups (broad SMARTS) is 1. The number of amides is 2. The molecule has 1 aliphatic heterocycles. The molecule has 1 aromatic rings. The van der Waals surface area contributed by atoms with Crippen LogP contribution in [0.25, 0.3) is 0 Å². The van der Waals surface area contributed by atoms with Gasteiger partial charge in [0.1, 0.15) is 12.3 Å². The van der Waals surface area contributed by atoms with Gasteiger partial charge in [0.2, 0.25) is 5.91 Å². The van der Waals surface area contributed by atoms with Gasteiger partial charge in [-0.2, -0.15) is 13.2 Å². The number of ether oxygens (including phenoxy) is 1. The molecule has 1 fully saturated rings. The molecule has 2 rings (SSSR count). The Balaban J connectivity index is 0.000000633. The number of rotatable bonds is 7. The maximum absolute atomic E-state index is 12.9. The highest BCUT2D eigenvalue weighted by atomic mass is 19.4. The lowest BCUT2D eigenvalue weighted by Gasteiger charge is -2.31. The molecular weight excluding hydrogens is 431 g/mol. The van der Waals surface area contributed by atoms with Crippen LogP contribution in [0.4, 0.5) is 13.2 Å². The molecule has 32 heavy (non-hydrogen) atoms. The molecular formula is C21H30F3N3O5. The van der Waals surface area contributed by atoms with E-state index in [4.69, 9.17) is 14.6 Å². The molecule has 0 aromatic heterocycles. The second kappa shape index (κ2) is 12.9. The van der Waals surface area contributed by atoms with Gasteiger partial charge < -0.3 is 25.0 Å². The smallest absolute Gasteiger partial charge is 0.490 e. The van der Waals surface area contributed by atoms with Crippen molar-refractivity contribution in [2.45, 2.75) is 26.4 Å². The highest BCUT2D eigenvalue weighted by molar-refractivity contribution is 5.96. The van der Waals surface area contributed by atoms with Gasteiger partial charge in [0.15, 0.2) is 0 Å². The Morgan fingerprint density at radius 3 is 2.31 bits per heavy atom. The van der Waals surface area contributed by atoms with Gasteiger partial charge in [-0.1, -0.05) is 19.9 Å². The fourth-order valence-electron chi connectivity index (χ4n) is 2.78. The van der Waals surface area contributed by atoms with Gasteiger partial charge in [0, 0.05) is 38.3 Å². The fraction of sp³-hybridized carbons (Fsp3) is 0.571. The molecule has 0 bridgehead atoms. The fourth-order valence-corrected chi connectivity index (χ4v) is 2.78. The van der Waals surface area contributed by atoms with Crippen LogP contribution in [0.5, 0.6) is 5.75 Å². The lowest BCUT2D eigenvalue weighted by molar-refractivity contribution is -0.192. The number of aliphatic carboxylic acids is 1. The Labute approximate surface area is 185 Å². The van der Waals surface area contributed by atoms with Gasteiger partial charge in [-0.15, -0.1) is 0 Å². The first-order valence-corrected chi connectivity index (χ1v) is 10.2. The third kappa shape index (κ3) is 9.54. The molecule has 1 heterocycles. The Kier molecular flexibility index (Phi) is 11.0. The van der Waals surface area contributed by atoms with Gasteiger partial charge in [0.05, 0.1) is 7.11 Å². The standard InChI is InChI=1S/C19H29N3O3.C2HF3O2/c1-15(2)7-10-22(14-18(23)21-11-8-20-9-12-21)19(24)16-5-4-6-17(13-16)25-3;3-2(4,5)1(6)7/h4-6,13,15,20H,7-12,14H2,1-3H3;(H,6,7). The maximum Gasteiger partial charge on any atom is 0.490 e. The molecule has 2 amide bonds. The van der Waals surface area contributed by atoms with E-state index in [0.29, 0.717) is 36.9 Å². The van der Waals surface area contributed by atoms with Crippen molar-refractivity contribution in [1.29, 1.82) is 0 Å². The predicted molar refractivity (Wildman–Crippen MR) is 111 cm³/mol. The maximum atomic E-state index is 12.9. The SMILES string of the molecule is COc1cccc(C(=O)N(CCC(C)C)CC(=O)N2CCNCC2)c1.O=C(O)C(F)(F)F. The summed E-state index contributed by atoms with van der Waals surface area (Å²) in [5, 5.41) is 10.4. The number of nitrogens with one attached hydrogen (secondary N) is 1. The van der Waals surface area contributed by atoms with Crippen LogP contribution in [0.3, 0.4) is 0 Å². The number of nitrogens with zero attached hydrogens (tertiary/aromatic N) is 2. The third-order valence-corrected chi connectivity index (χ3v) is 4.62. The van der Waals surface area contributed by atoms with Crippen LogP contribution >= 0.6 is 0 Å². The predicted octanol–water partition coefficient (Wildman–Crippen LogP) is 2.25. The van der Waals surface area contributed by atoms with Crippen LogP contribution in [-0.2, 0) is 9.59 Å². The summed E-state index contributed by atoms with van der Waals surface area (Å²) in [4.78, 5) is 37.9. The lowest BCUT2D eigenvalue weighted by Crippen LogP contribution is -2.50. The van der Waals surface area contributed by atoms with Crippen molar-refractivity contribution in [2.24, 2.45) is 5.92 Å². The molecule has 1 aromatic carbocycles. The number of carboxylic acids is 1. The van der Waals surface area contributed by atoms with Crippen LogP contribution in [0.1, 0.15) is 30.6 Å². The molecule has 1 aliphatic rings. The zero-order valence-corrected chi connectivity index (χ0v) is 18.4. The summed E-state index contributed by atoms with van der Waals surface area (Å²) in [7, 11) is 1.58. The number of methoxy groups -OCH3 is 1. The summed E-state index contributed by atoms with van der Waals surface area (Å²) in [6.07, 6.45) is -4.22. The van der Waals surface area contributed by atoms with Crippen molar-refractivity contribution in [2.75, 3.05) is 46.4 Å². The van der Waals surface area contributed by atoms with E-state index < -0.39 is 12.1 Å². The zero-order valence-electron chi connectivity index (χ0n) is 18.4. The molecule has 0 radical (unpaired) electrons. The number of hydrogen-bond acceptors (Lipinski definition) is 5. The van der Waals surface area contributed by atoms with Crippen molar-refractivity contribution < 1.29 is 37.4 Å². The van der Waals surface area contributed by atoms with Crippen molar-refractivity contribution in [3.05, 3.63) is 29.8 Å². The first-order valence-electron chi connectivity index (χ1n) is 10.2. The lowest BCUT2D eigenvalue weighted by atomic mass is 10.1. The van der Waals surface area contributed by atoms with Crippen LogP contribution in [0, 0.1) is 5.92 Å². The molecule has 11 heteroatoms. The van der Waals surface area contributed by atoms with Crippen molar-refractivity contribution >= 4 is 17.8 Å². The van der Waals surface area contributed by atoms with Crippen LogP contribution in [0.2, 0.25) is 0 Å². The molecule has 180 valence electrons. The Bertz CT molecular complexity index is 765. The second-order valence-corrected chi connectivity index (χ2v) is 7.57. The summed E-state index contributed by atoms with van der Waals surface area (Å²) in [5.74, 6) is -1.75. The van der Waals surface area contributed by atoms with E-state index in [1.165, 1.54) is 0 Å². The Morgan fingerprint density at radius 1 is 1.22 bits per heavy atom. The minimum Gasteiger partial charge on any atom is -0.497 e. The largest absolute Gasteiger partial charge is 0.497 e. The van der Waals surface area contributed by atoms with Crippen LogP contribution in [-0.4, -0.2) is 85.2 Å². The summed E-state index contributed by atoms with van der Waals surface area (Å²) in [6.45, 7) is 7.95. The number of alkyl halides is 3. The number of hydrogen-bond donors (Lipinski definition) is 2. The second-order valence-electron chi connectivity index (χ2n) is 7.57. The Hall–Kier alpha value is -2.82. The van der Waals surface area contributed by atoms with Gasteiger partial charge in [-0.3, -0.25) is 9.59 Å². The van der Waals surface area contributed by atoms with Crippen LogP contribution < -0.4 is 10.1 Å². The third-order valence-electron chi connectivity index (χ3n) is 4.62. The first kappa shape index (κ1) is 27.2. The quantitative estimate of drug-likeness (QED) is 0.646. The zero-order chi connectivity index (χ0) is 24.3. The number of benzene rings is 1. The molecule has 2 N–H and O–H groups in total. The van der Waals surface area contributed by atoms with E-state index in [9.17, 15) is 22.8 Å². The first-order chi connectivity index (χ1) is 15.0. The molecule has 1 saturated heterocycles. The summed E-state index contributed by atoms with van der Waals surface area (Å²) < 4.78 is 36.9. The summed E-state index contributed by atoms with van der Waals surface area (Å²) >= 11 is 0. The monoisotopic (exact) mass is 461 g/mol. The van der Waals surface area contributed by atoms with Crippen molar-refractivity contribution in [3.8, 4) is 5.75 Å². The Morgan fingerprint density at radius 2 is 1.81 bits per heavy atom. The molecule has 0 atom stereocenters. The number of carbonyl (C=O) groups is 3. The molecule has 0 saturated carbocycles. The van der Waals surface area contributed by atoms with E-state index in [1.807, 2.05) is 4.90 Å². The topological polar surface area (TPSA) is 99.2 Å². The normalized spacial score (nSPS) is 13.8. The van der Waals surface area contributed by atoms with Crippen molar-refractivity contribution in [3.63, 3.8) is 0 Å². The number of carbonyl (C=O) groups excluding carboxylic acids is 2. The highest BCUT2D eigenvalue weighted by Gasteiger charge is 2.38. The van der Waals surface area contributed by atoms with Gasteiger partial charge in [-0.25, -0.2) is 4.79 Å². The van der Waals surface area contributed by atoms with Gasteiger partial charge in [-0.05, 0) is 30.5 Å². The number of piperazine rings is 1.